The molecule has 3 saturated heterocycles. The Hall–Kier alpha value is -2.12. The highest BCUT2D eigenvalue weighted by Crippen LogP contribution is 2.36. The van der Waals surface area contributed by atoms with Crippen LogP contribution in [-0.2, 0) is 4.74 Å². The molecule has 0 saturated carbocycles. The number of halogens is 1. The zero-order chi connectivity index (χ0) is 25.0. The van der Waals surface area contributed by atoms with E-state index < -0.39 is 12.3 Å². The number of aliphatic hydroxyl groups is 1. The maximum atomic E-state index is 15.4. The molecular weight excluding hydrogens is 527 g/mol. The number of aliphatic hydroxyl groups excluding tert-OH is 1. The fraction of sp³-hybridized carbons (Fsp3) is 0.577. The average Bonchev–Trinajstić information content (AvgIpc) is 3.59. The maximum absolute atomic E-state index is 15.4. The van der Waals surface area contributed by atoms with E-state index in [4.69, 9.17) is 9.47 Å². The van der Waals surface area contributed by atoms with Crippen LogP contribution in [-0.4, -0.2) is 94.1 Å². The summed E-state index contributed by atoms with van der Waals surface area (Å²) < 4.78 is 28.4. The Balaban J connectivity index is 0.00000168. The van der Waals surface area contributed by atoms with Gasteiger partial charge in [0.1, 0.15) is 12.0 Å². The minimum Gasteiger partial charge on any atom is -0.467 e. The molecule has 3 aromatic rings. The largest absolute Gasteiger partial charge is 0.467 e. The van der Waals surface area contributed by atoms with Crippen molar-refractivity contribution in [2.24, 2.45) is 0 Å². The van der Waals surface area contributed by atoms with Crippen LogP contribution in [0, 0.1) is 6.92 Å². The molecule has 3 aliphatic rings. The summed E-state index contributed by atoms with van der Waals surface area (Å²) in [6.07, 6.45) is 2.33. The first kappa shape index (κ1) is 28.9. The molecule has 0 aliphatic carbocycles. The van der Waals surface area contributed by atoms with Crippen LogP contribution in [0.5, 0.6) is 6.01 Å². The van der Waals surface area contributed by atoms with Gasteiger partial charge in [-0.1, -0.05) is 0 Å². The van der Waals surface area contributed by atoms with Crippen LogP contribution < -0.4 is 9.64 Å². The van der Waals surface area contributed by atoms with Gasteiger partial charge < -0.3 is 19.5 Å². The second-order valence-corrected chi connectivity index (χ2v) is 10.4. The Morgan fingerprint density at radius 1 is 1.18 bits per heavy atom. The Morgan fingerprint density at radius 2 is 1.97 bits per heavy atom. The topological polar surface area (TPSA) is 88.8 Å². The number of ether oxygens (including phenoxy) is 2. The number of aryl methyl sites for hydroxylation is 1. The van der Waals surface area contributed by atoms with Gasteiger partial charge in [0.05, 0.1) is 43.7 Å². The van der Waals surface area contributed by atoms with Gasteiger partial charge in [0.2, 0.25) is 0 Å². The molecule has 0 radical (unpaired) electrons. The summed E-state index contributed by atoms with van der Waals surface area (Å²) in [6, 6.07) is 6.70. The van der Waals surface area contributed by atoms with Crippen LogP contribution in [0.25, 0.3) is 16.7 Å². The van der Waals surface area contributed by atoms with Gasteiger partial charge in [-0.2, -0.15) is 42.1 Å². The second-order valence-electron chi connectivity index (χ2n) is 10.4. The van der Waals surface area contributed by atoms with Gasteiger partial charge in [-0.15, -0.1) is 0 Å². The molecule has 0 amide bonds. The molecule has 6 rings (SSSR count). The number of aromatic nitrogens is 4. The third kappa shape index (κ3) is 5.33. The van der Waals surface area contributed by atoms with Crippen molar-refractivity contribution < 1.29 is 19.0 Å². The molecule has 3 aliphatic heterocycles. The molecule has 12 heteroatoms. The third-order valence-electron chi connectivity index (χ3n) is 7.78. The van der Waals surface area contributed by atoms with E-state index in [1.54, 1.807) is 18.7 Å². The Morgan fingerprint density at radius 3 is 2.63 bits per heavy atom. The Labute approximate surface area is 236 Å². The molecule has 1 aromatic carbocycles. The summed E-state index contributed by atoms with van der Waals surface area (Å²) in [6.45, 7) is 6.90. The molecule has 5 atom stereocenters. The van der Waals surface area contributed by atoms with Crippen molar-refractivity contribution in [3.05, 3.63) is 35.5 Å². The van der Waals surface area contributed by atoms with E-state index in [2.05, 4.69) is 32.1 Å². The molecule has 1 N–H and O–H groups in total. The second kappa shape index (κ2) is 11.5. The lowest BCUT2D eigenvalue weighted by molar-refractivity contribution is 0.0709. The number of fused-ring (bicyclic) bond motifs is 3. The molecule has 38 heavy (non-hydrogen) atoms. The number of piperidine rings is 1. The van der Waals surface area contributed by atoms with Crippen molar-refractivity contribution in [3.63, 3.8) is 0 Å². The number of rotatable bonds is 6. The molecule has 0 spiro atoms. The fourth-order valence-corrected chi connectivity index (χ4v) is 6.07. The predicted molar refractivity (Wildman–Crippen MR) is 155 cm³/mol. The fourth-order valence-electron chi connectivity index (χ4n) is 6.07. The predicted octanol–water partition coefficient (Wildman–Crippen LogP) is 2.84. The first-order valence-electron chi connectivity index (χ1n) is 12.7. The van der Waals surface area contributed by atoms with Crippen LogP contribution in [0.4, 0.5) is 10.2 Å². The van der Waals surface area contributed by atoms with Crippen molar-refractivity contribution in [2.75, 3.05) is 44.8 Å². The average molecular weight is 565 g/mol. The lowest BCUT2D eigenvalue weighted by atomic mass is 9.85. The van der Waals surface area contributed by atoms with Crippen molar-refractivity contribution in [1.29, 1.82) is 0 Å². The Bertz CT molecular complexity index is 1280. The summed E-state index contributed by atoms with van der Waals surface area (Å²) in [5.74, 6) is 1.23. The lowest BCUT2D eigenvalue weighted by Crippen LogP contribution is -2.43. The molecule has 208 valence electrons. The van der Waals surface area contributed by atoms with Gasteiger partial charge in [0, 0.05) is 37.0 Å². The highest BCUT2D eigenvalue weighted by Gasteiger charge is 2.40. The monoisotopic (exact) mass is 564 g/mol. The first-order chi connectivity index (χ1) is 17.4. The van der Waals surface area contributed by atoms with Gasteiger partial charge >= 0.3 is 6.01 Å². The maximum Gasteiger partial charge on any atom is 0.320 e. The Kier molecular flexibility index (Phi) is 8.78. The molecule has 2 aromatic heterocycles. The number of nitrogens with zero attached hydrogens (tertiary/aromatic N) is 6. The number of methoxy groups -OCH3 is 1. The number of hydrogen-bond donors (Lipinski definition) is 1. The van der Waals surface area contributed by atoms with E-state index in [0.29, 0.717) is 38.0 Å². The normalized spacial score (nSPS) is 25.8. The van der Waals surface area contributed by atoms with Gasteiger partial charge in [-0.3, -0.25) is 4.90 Å². The quantitative estimate of drug-likeness (QED) is 0.489. The van der Waals surface area contributed by atoms with Crippen molar-refractivity contribution >= 4 is 43.7 Å². The summed E-state index contributed by atoms with van der Waals surface area (Å²) in [4.78, 5) is 13.5. The zero-order valence-electron chi connectivity index (χ0n) is 22.0. The minimum atomic E-state index is -0.997. The van der Waals surface area contributed by atoms with Crippen molar-refractivity contribution in [2.45, 2.75) is 57.0 Å². The van der Waals surface area contributed by atoms with E-state index in [-0.39, 0.29) is 45.0 Å². The number of anilines is 1. The number of morpholine rings is 1. The molecular formula is C26H37FN6O3S2. The summed E-state index contributed by atoms with van der Waals surface area (Å²) in [5, 5.41) is 15.3. The SMILES string of the molecule is COc1nc(N2CC3CC2CO3)cc(-n2ncc3cc(C)c(C4CCN(CC(C)O)CC4F)cc32)n1.S.S. The summed E-state index contributed by atoms with van der Waals surface area (Å²) in [5.41, 5.74) is 2.95. The number of hydrogen-bond acceptors (Lipinski definition) is 8. The summed E-state index contributed by atoms with van der Waals surface area (Å²) >= 11 is 0. The van der Waals surface area contributed by atoms with Crippen molar-refractivity contribution in [3.8, 4) is 11.8 Å². The smallest absolute Gasteiger partial charge is 0.320 e. The third-order valence-corrected chi connectivity index (χ3v) is 7.78. The van der Waals surface area contributed by atoms with E-state index in [1.165, 1.54) is 0 Å². The highest BCUT2D eigenvalue weighted by atomic mass is 32.1. The van der Waals surface area contributed by atoms with Crippen LogP contribution in [0.1, 0.15) is 36.8 Å². The van der Waals surface area contributed by atoms with Gasteiger partial charge in [-0.25, -0.2) is 9.07 Å². The number of benzene rings is 1. The van der Waals surface area contributed by atoms with Crippen LogP contribution >= 0.6 is 27.0 Å². The van der Waals surface area contributed by atoms with Crippen LogP contribution in [0.3, 0.4) is 0 Å². The summed E-state index contributed by atoms with van der Waals surface area (Å²) in [7, 11) is 1.57. The molecule has 9 nitrogen and oxygen atoms in total. The highest BCUT2D eigenvalue weighted by molar-refractivity contribution is 7.59. The van der Waals surface area contributed by atoms with Gasteiger partial charge in [0.25, 0.3) is 0 Å². The zero-order valence-corrected chi connectivity index (χ0v) is 24.0. The van der Waals surface area contributed by atoms with Crippen molar-refractivity contribution in [1.82, 2.24) is 24.6 Å². The number of β-amino-alcohol motifs (C(OH)–C–C–N with tert-alkyl or cyclic N) is 1. The minimum absolute atomic E-state index is 0. The first-order valence-corrected chi connectivity index (χ1v) is 12.7. The number of alkyl halides is 1. The van der Waals surface area contributed by atoms with E-state index in [1.807, 2.05) is 24.1 Å². The van der Waals surface area contributed by atoms with Crippen LogP contribution in [0.15, 0.2) is 24.4 Å². The van der Waals surface area contributed by atoms with Gasteiger partial charge in [0.15, 0.2) is 5.82 Å². The lowest BCUT2D eigenvalue weighted by Gasteiger charge is -2.36. The van der Waals surface area contributed by atoms with Crippen LogP contribution in [0.2, 0.25) is 0 Å². The van der Waals surface area contributed by atoms with E-state index in [9.17, 15) is 5.11 Å². The molecule has 3 fully saturated rings. The number of likely N-dealkylation sites (tertiary alicyclic amines) is 1. The standard InChI is InChI=1S/C26H33FN6O3.2H2S/c1-15-6-17-10-28-33(23(17)8-21(15)20-4-5-31(11-16(2)34)13-22(20)27)25-9-24(29-26(30-25)35-3)32-12-19-7-18(32)14-36-19;;/h6,8-10,16,18-20,22,34H,4-5,7,11-14H2,1-3H3;2*1H2. The van der Waals surface area contributed by atoms with Gasteiger partial charge in [-0.05, 0) is 56.5 Å². The molecule has 5 unspecified atom stereocenters. The van der Waals surface area contributed by atoms with E-state index in [0.717, 1.165) is 47.4 Å². The molecule has 2 bridgehead atoms. The molecule has 5 heterocycles. The van der Waals surface area contributed by atoms with E-state index >= 15 is 4.39 Å².